The number of aromatic nitrogens is 1. The second-order valence-corrected chi connectivity index (χ2v) is 4.96. The maximum absolute atomic E-state index is 5.14. The van der Waals surface area contributed by atoms with E-state index in [1.807, 2.05) is 25.1 Å². The van der Waals surface area contributed by atoms with Crippen molar-refractivity contribution in [3.05, 3.63) is 53.5 Å². The van der Waals surface area contributed by atoms with E-state index in [4.69, 9.17) is 4.52 Å². The van der Waals surface area contributed by atoms with Gasteiger partial charge in [0, 0.05) is 16.6 Å². The number of nitrogens with one attached hydrogen (secondary N) is 1. The molecule has 1 aromatic carbocycles. The predicted molar refractivity (Wildman–Crippen MR) is 74.3 cm³/mol. The van der Waals surface area contributed by atoms with Crippen LogP contribution in [0.15, 0.2) is 52.4 Å². The molecular weight excluding hydrogens is 244 g/mol. The highest BCUT2D eigenvalue weighted by molar-refractivity contribution is 7.13. The molecule has 0 bridgehead atoms. The minimum absolute atomic E-state index is 0.663. The molecule has 2 heterocycles. The number of hydrogen-bond donors (Lipinski definition) is 1. The van der Waals surface area contributed by atoms with Crippen LogP contribution in [0.4, 0.5) is 11.6 Å². The summed E-state index contributed by atoms with van der Waals surface area (Å²) in [5.41, 5.74) is 3.06. The maximum Gasteiger partial charge on any atom is 0.229 e. The molecule has 3 aromatic rings. The number of nitrogens with zero attached hydrogens (tertiary/aromatic N) is 1. The average molecular weight is 256 g/mol. The van der Waals surface area contributed by atoms with Crippen molar-refractivity contribution in [2.45, 2.75) is 6.92 Å². The van der Waals surface area contributed by atoms with Gasteiger partial charge < -0.3 is 9.84 Å². The normalized spacial score (nSPS) is 10.5. The smallest absolute Gasteiger partial charge is 0.229 e. The number of anilines is 2. The lowest BCUT2D eigenvalue weighted by Crippen LogP contribution is -1.88. The van der Waals surface area contributed by atoms with Crippen LogP contribution in [-0.2, 0) is 0 Å². The zero-order valence-electron chi connectivity index (χ0n) is 9.88. The summed E-state index contributed by atoms with van der Waals surface area (Å²) < 4.78 is 5.14. The van der Waals surface area contributed by atoms with E-state index >= 15 is 0 Å². The minimum atomic E-state index is 0.663. The molecule has 3 nitrogen and oxygen atoms in total. The maximum atomic E-state index is 5.14. The SMILES string of the molecule is Cc1cc(Nc2cccc(-c3cccs3)c2)on1. The van der Waals surface area contributed by atoms with Gasteiger partial charge in [-0.15, -0.1) is 11.3 Å². The van der Waals surface area contributed by atoms with Crippen LogP contribution in [0.2, 0.25) is 0 Å². The Balaban J connectivity index is 1.87. The molecule has 0 amide bonds. The predicted octanol–water partition coefficient (Wildman–Crippen LogP) is 4.46. The third-order valence-corrected chi connectivity index (χ3v) is 3.48. The van der Waals surface area contributed by atoms with Crippen LogP contribution in [-0.4, -0.2) is 5.16 Å². The Labute approximate surface area is 109 Å². The van der Waals surface area contributed by atoms with Crippen LogP contribution in [0.1, 0.15) is 5.69 Å². The third kappa shape index (κ3) is 2.28. The lowest BCUT2D eigenvalue weighted by atomic mass is 10.1. The van der Waals surface area contributed by atoms with Crippen LogP contribution < -0.4 is 5.32 Å². The number of thiophene rings is 1. The first-order valence-corrected chi connectivity index (χ1v) is 6.53. The van der Waals surface area contributed by atoms with Gasteiger partial charge in [-0.3, -0.25) is 0 Å². The molecule has 0 aliphatic heterocycles. The van der Waals surface area contributed by atoms with E-state index in [1.165, 1.54) is 10.4 Å². The summed E-state index contributed by atoms with van der Waals surface area (Å²) in [4.78, 5) is 1.26. The second kappa shape index (κ2) is 4.66. The molecule has 0 aliphatic carbocycles. The van der Waals surface area contributed by atoms with Gasteiger partial charge in [0.05, 0.1) is 5.69 Å². The zero-order valence-corrected chi connectivity index (χ0v) is 10.7. The van der Waals surface area contributed by atoms with Crippen LogP contribution in [0.3, 0.4) is 0 Å². The van der Waals surface area contributed by atoms with Crippen LogP contribution in [0.25, 0.3) is 10.4 Å². The second-order valence-electron chi connectivity index (χ2n) is 4.02. The van der Waals surface area contributed by atoms with Crippen LogP contribution in [0, 0.1) is 6.92 Å². The molecule has 0 saturated carbocycles. The van der Waals surface area contributed by atoms with Crippen molar-refractivity contribution in [3.8, 4) is 10.4 Å². The van der Waals surface area contributed by atoms with Gasteiger partial charge in [0.2, 0.25) is 5.88 Å². The summed E-state index contributed by atoms with van der Waals surface area (Å²) in [6, 6.07) is 14.3. The Hall–Kier alpha value is -2.07. The molecule has 18 heavy (non-hydrogen) atoms. The molecule has 0 radical (unpaired) electrons. The molecule has 2 aromatic heterocycles. The van der Waals surface area contributed by atoms with Gasteiger partial charge >= 0.3 is 0 Å². The Morgan fingerprint density at radius 1 is 1.17 bits per heavy atom. The van der Waals surface area contributed by atoms with Crippen molar-refractivity contribution in [1.29, 1.82) is 0 Å². The summed E-state index contributed by atoms with van der Waals surface area (Å²) in [5, 5.41) is 9.13. The minimum Gasteiger partial charge on any atom is -0.338 e. The zero-order chi connectivity index (χ0) is 12.4. The summed E-state index contributed by atoms with van der Waals surface area (Å²) in [7, 11) is 0. The highest BCUT2D eigenvalue weighted by Gasteiger charge is 2.03. The summed E-state index contributed by atoms with van der Waals surface area (Å²) in [6.45, 7) is 1.90. The van der Waals surface area contributed by atoms with E-state index in [2.05, 4.69) is 40.1 Å². The van der Waals surface area contributed by atoms with Crippen molar-refractivity contribution >= 4 is 22.9 Å². The van der Waals surface area contributed by atoms with E-state index in [0.29, 0.717) is 5.88 Å². The van der Waals surface area contributed by atoms with Crippen molar-refractivity contribution in [1.82, 2.24) is 5.16 Å². The fourth-order valence-corrected chi connectivity index (χ4v) is 2.48. The van der Waals surface area contributed by atoms with Gasteiger partial charge in [0.1, 0.15) is 0 Å². The Morgan fingerprint density at radius 2 is 2.11 bits per heavy atom. The summed E-state index contributed by atoms with van der Waals surface area (Å²) >= 11 is 1.73. The van der Waals surface area contributed by atoms with Crippen molar-refractivity contribution in [2.75, 3.05) is 5.32 Å². The van der Waals surface area contributed by atoms with Gasteiger partial charge in [-0.2, -0.15) is 0 Å². The molecule has 0 aliphatic rings. The van der Waals surface area contributed by atoms with Gasteiger partial charge in [0.15, 0.2) is 0 Å². The molecule has 0 atom stereocenters. The molecule has 0 saturated heterocycles. The molecule has 0 unspecified atom stereocenters. The van der Waals surface area contributed by atoms with Gasteiger partial charge in [0.25, 0.3) is 0 Å². The summed E-state index contributed by atoms with van der Waals surface area (Å²) in [6.07, 6.45) is 0. The first-order chi connectivity index (χ1) is 8.81. The largest absolute Gasteiger partial charge is 0.338 e. The summed E-state index contributed by atoms with van der Waals surface area (Å²) in [5.74, 6) is 0.663. The molecule has 90 valence electrons. The highest BCUT2D eigenvalue weighted by atomic mass is 32.1. The monoisotopic (exact) mass is 256 g/mol. The van der Waals surface area contributed by atoms with E-state index in [0.717, 1.165) is 11.4 Å². The lowest BCUT2D eigenvalue weighted by Gasteiger charge is -2.04. The number of benzene rings is 1. The third-order valence-electron chi connectivity index (χ3n) is 2.56. The fraction of sp³-hybridized carbons (Fsp3) is 0.0714. The Kier molecular flexibility index (Phi) is 2.86. The Morgan fingerprint density at radius 3 is 2.83 bits per heavy atom. The first-order valence-electron chi connectivity index (χ1n) is 5.65. The van der Waals surface area contributed by atoms with E-state index in [-0.39, 0.29) is 0 Å². The molecule has 0 fully saturated rings. The first kappa shape index (κ1) is 11.0. The van der Waals surface area contributed by atoms with Crippen molar-refractivity contribution in [2.24, 2.45) is 0 Å². The fourth-order valence-electron chi connectivity index (χ4n) is 1.76. The molecular formula is C14H12N2OS. The van der Waals surface area contributed by atoms with Crippen molar-refractivity contribution < 1.29 is 4.52 Å². The number of aryl methyl sites for hydroxylation is 1. The standard InChI is InChI=1S/C14H12N2OS/c1-10-8-14(17-16-10)15-12-5-2-4-11(9-12)13-6-3-7-18-13/h2-9,15H,1H3. The Bertz CT molecular complexity index is 643. The van der Waals surface area contributed by atoms with Gasteiger partial charge in [-0.25, -0.2) is 0 Å². The molecule has 1 N–H and O–H groups in total. The van der Waals surface area contributed by atoms with E-state index in [9.17, 15) is 0 Å². The average Bonchev–Trinajstić information content (AvgIpc) is 3.01. The topological polar surface area (TPSA) is 38.1 Å². The number of hydrogen-bond acceptors (Lipinski definition) is 4. The lowest BCUT2D eigenvalue weighted by molar-refractivity contribution is 0.430. The van der Waals surface area contributed by atoms with E-state index < -0.39 is 0 Å². The number of rotatable bonds is 3. The van der Waals surface area contributed by atoms with Crippen LogP contribution >= 0.6 is 11.3 Å². The van der Waals surface area contributed by atoms with Crippen molar-refractivity contribution in [3.63, 3.8) is 0 Å². The highest BCUT2D eigenvalue weighted by Crippen LogP contribution is 2.28. The molecule has 0 spiro atoms. The van der Waals surface area contributed by atoms with Gasteiger partial charge in [-0.1, -0.05) is 23.4 Å². The molecule has 3 rings (SSSR count). The van der Waals surface area contributed by atoms with E-state index in [1.54, 1.807) is 11.3 Å². The van der Waals surface area contributed by atoms with Crippen LogP contribution in [0.5, 0.6) is 0 Å². The van der Waals surface area contributed by atoms with Gasteiger partial charge in [-0.05, 0) is 36.1 Å². The molecule has 4 heteroatoms. The quantitative estimate of drug-likeness (QED) is 0.752.